The predicted molar refractivity (Wildman–Crippen MR) is 118 cm³/mol. The number of hydrogen-bond donors (Lipinski definition) is 2. The average molecular weight is 403 g/mol. The summed E-state index contributed by atoms with van der Waals surface area (Å²) in [5.41, 5.74) is 11.8. The second-order valence-electron chi connectivity index (χ2n) is 7.52. The summed E-state index contributed by atoms with van der Waals surface area (Å²) in [5.74, 6) is 1.19. The lowest BCUT2D eigenvalue weighted by Gasteiger charge is -2.24. The summed E-state index contributed by atoms with van der Waals surface area (Å²) >= 11 is 0. The van der Waals surface area contributed by atoms with Gasteiger partial charge in [-0.15, -0.1) is 0 Å². The smallest absolute Gasteiger partial charge is 0.227 e. The fourth-order valence-corrected chi connectivity index (χ4v) is 4.18. The molecule has 154 valence electrons. The van der Waals surface area contributed by atoms with Crippen molar-refractivity contribution >= 4 is 23.0 Å². The van der Waals surface area contributed by atoms with Crippen molar-refractivity contribution < 1.29 is 4.74 Å². The summed E-state index contributed by atoms with van der Waals surface area (Å²) in [6.45, 7) is 1.84. The standard InChI is InChI=1S/C22H25N7O/c1-30-19-8-7-16(23)21(28-11-4-5-12-28)20(19)27-22-24-10-9-17(26-22)15-14-25-29-13-3-2-6-18(15)29/h4,7-11,14H,2-3,5-6,12-13,23H2,1H3,(H,24,26,27). The van der Waals surface area contributed by atoms with Gasteiger partial charge >= 0.3 is 0 Å². The maximum Gasteiger partial charge on any atom is 0.227 e. The molecule has 0 unspecified atom stereocenters. The lowest BCUT2D eigenvalue weighted by molar-refractivity contribution is 0.417. The molecule has 3 N–H and O–H groups in total. The van der Waals surface area contributed by atoms with Crippen LogP contribution in [-0.2, 0) is 13.0 Å². The van der Waals surface area contributed by atoms with Gasteiger partial charge in [-0.2, -0.15) is 5.10 Å². The van der Waals surface area contributed by atoms with Crippen molar-refractivity contribution in [2.75, 3.05) is 29.6 Å². The molecule has 3 aromatic rings. The molecule has 5 rings (SSSR count). The number of nitrogens with two attached hydrogens (primary N) is 1. The number of fused-ring (bicyclic) bond motifs is 1. The van der Waals surface area contributed by atoms with Crippen LogP contribution < -0.4 is 20.7 Å². The first-order chi connectivity index (χ1) is 14.7. The minimum absolute atomic E-state index is 0.497. The number of rotatable bonds is 5. The number of benzene rings is 1. The SMILES string of the molecule is COc1ccc(N)c(N2C=CCC2)c1Nc1nccc(-c2cnn3c2CCCC3)n1. The first kappa shape index (κ1) is 18.5. The first-order valence-corrected chi connectivity index (χ1v) is 10.3. The molecule has 1 aromatic carbocycles. The summed E-state index contributed by atoms with van der Waals surface area (Å²) in [5, 5.41) is 7.90. The van der Waals surface area contributed by atoms with E-state index >= 15 is 0 Å². The number of aromatic nitrogens is 4. The molecule has 2 aliphatic heterocycles. The third-order valence-corrected chi connectivity index (χ3v) is 5.65. The quantitative estimate of drug-likeness (QED) is 0.627. The van der Waals surface area contributed by atoms with Gasteiger partial charge in [0.1, 0.15) is 11.4 Å². The predicted octanol–water partition coefficient (Wildman–Crippen LogP) is 3.73. The van der Waals surface area contributed by atoms with Crippen LogP contribution in [-0.4, -0.2) is 33.4 Å². The van der Waals surface area contributed by atoms with Crippen LogP contribution in [0.15, 0.2) is 42.9 Å². The zero-order valence-corrected chi connectivity index (χ0v) is 17.0. The highest BCUT2D eigenvalue weighted by molar-refractivity contribution is 5.89. The van der Waals surface area contributed by atoms with Crippen molar-refractivity contribution in [3.05, 3.63) is 48.6 Å². The molecule has 2 aliphatic rings. The number of nitrogen functional groups attached to an aromatic ring is 1. The highest BCUT2D eigenvalue weighted by Gasteiger charge is 2.21. The number of hydrogen-bond acceptors (Lipinski definition) is 7. The molecule has 4 heterocycles. The molecule has 2 aromatic heterocycles. The summed E-state index contributed by atoms with van der Waals surface area (Å²) in [6.07, 6.45) is 12.2. The summed E-state index contributed by atoms with van der Waals surface area (Å²) in [4.78, 5) is 11.4. The van der Waals surface area contributed by atoms with Gasteiger partial charge in [-0.25, -0.2) is 9.97 Å². The van der Waals surface area contributed by atoms with Crippen LogP contribution >= 0.6 is 0 Å². The van der Waals surface area contributed by atoms with E-state index in [1.807, 2.05) is 30.6 Å². The number of anilines is 4. The Bertz CT molecular complexity index is 1100. The van der Waals surface area contributed by atoms with Crippen LogP contribution in [0.3, 0.4) is 0 Å². The van der Waals surface area contributed by atoms with Crippen LogP contribution in [0.5, 0.6) is 5.75 Å². The van der Waals surface area contributed by atoms with Crippen molar-refractivity contribution in [3.63, 3.8) is 0 Å². The third-order valence-electron chi connectivity index (χ3n) is 5.65. The number of nitrogens with one attached hydrogen (secondary N) is 1. The Morgan fingerprint density at radius 1 is 1.17 bits per heavy atom. The minimum atomic E-state index is 0.497. The van der Waals surface area contributed by atoms with E-state index in [9.17, 15) is 0 Å². The summed E-state index contributed by atoms with van der Waals surface area (Å²) in [6, 6.07) is 5.65. The third kappa shape index (κ3) is 3.24. The molecule has 0 saturated heterocycles. The Labute approximate surface area is 175 Å². The maximum absolute atomic E-state index is 6.34. The van der Waals surface area contributed by atoms with Crippen LogP contribution in [0.1, 0.15) is 25.0 Å². The molecule has 0 aliphatic carbocycles. The lowest BCUT2D eigenvalue weighted by Crippen LogP contribution is -2.16. The molecule has 8 heteroatoms. The minimum Gasteiger partial charge on any atom is -0.494 e. The molecule has 0 bridgehead atoms. The molecule has 0 saturated carbocycles. The van der Waals surface area contributed by atoms with Crippen LogP contribution in [0.25, 0.3) is 11.3 Å². The first-order valence-electron chi connectivity index (χ1n) is 10.3. The average Bonchev–Trinajstić information content (AvgIpc) is 3.44. The van der Waals surface area contributed by atoms with Crippen molar-refractivity contribution in [2.24, 2.45) is 0 Å². The molecule has 0 radical (unpaired) electrons. The van der Waals surface area contributed by atoms with Gasteiger partial charge in [0.2, 0.25) is 5.95 Å². The second-order valence-corrected chi connectivity index (χ2v) is 7.52. The maximum atomic E-state index is 6.34. The van der Waals surface area contributed by atoms with E-state index in [0.29, 0.717) is 17.4 Å². The van der Waals surface area contributed by atoms with Gasteiger partial charge in [-0.05, 0) is 43.9 Å². The Morgan fingerprint density at radius 3 is 2.93 bits per heavy atom. The zero-order valence-electron chi connectivity index (χ0n) is 17.0. The molecule has 0 fully saturated rings. The molecular formula is C22H25N7O. The van der Waals surface area contributed by atoms with Crippen LogP contribution in [0.4, 0.5) is 23.0 Å². The number of nitrogens with zero attached hydrogens (tertiary/aromatic N) is 5. The van der Waals surface area contributed by atoms with Gasteiger partial charge in [-0.1, -0.05) is 6.08 Å². The summed E-state index contributed by atoms with van der Waals surface area (Å²) < 4.78 is 7.70. The van der Waals surface area contributed by atoms with E-state index in [2.05, 4.69) is 31.1 Å². The fourth-order valence-electron chi connectivity index (χ4n) is 4.18. The van der Waals surface area contributed by atoms with Gasteiger partial charge in [0.15, 0.2) is 0 Å². The monoisotopic (exact) mass is 403 g/mol. The largest absolute Gasteiger partial charge is 0.494 e. The van der Waals surface area contributed by atoms with Gasteiger partial charge < -0.3 is 20.7 Å². The Morgan fingerprint density at radius 2 is 2.10 bits per heavy atom. The fraction of sp³-hybridized carbons (Fsp3) is 0.318. The van der Waals surface area contributed by atoms with E-state index in [1.165, 1.54) is 18.5 Å². The van der Waals surface area contributed by atoms with Crippen molar-refractivity contribution in [2.45, 2.75) is 32.2 Å². The van der Waals surface area contributed by atoms with Gasteiger partial charge in [0, 0.05) is 36.7 Å². The van der Waals surface area contributed by atoms with E-state index < -0.39 is 0 Å². The lowest BCUT2D eigenvalue weighted by atomic mass is 10.0. The highest BCUT2D eigenvalue weighted by Crippen LogP contribution is 2.42. The van der Waals surface area contributed by atoms with Gasteiger partial charge in [0.25, 0.3) is 0 Å². The molecule has 8 nitrogen and oxygen atoms in total. The van der Waals surface area contributed by atoms with E-state index in [0.717, 1.165) is 48.6 Å². The highest BCUT2D eigenvalue weighted by atomic mass is 16.5. The molecule has 0 spiro atoms. The van der Waals surface area contributed by atoms with Gasteiger partial charge in [-0.3, -0.25) is 4.68 Å². The summed E-state index contributed by atoms with van der Waals surface area (Å²) in [7, 11) is 1.65. The number of aryl methyl sites for hydroxylation is 1. The zero-order chi connectivity index (χ0) is 20.5. The Hall–Kier alpha value is -3.55. The number of ether oxygens (including phenoxy) is 1. The molecular weight excluding hydrogens is 378 g/mol. The van der Waals surface area contributed by atoms with Gasteiger partial charge in [0.05, 0.1) is 30.4 Å². The number of methoxy groups -OCH3 is 1. The second kappa shape index (κ2) is 7.70. The van der Waals surface area contributed by atoms with Crippen molar-refractivity contribution in [1.82, 2.24) is 19.7 Å². The normalized spacial score (nSPS) is 15.3. The molecule has 0 amide bonds. The van der Waals surface area contributed by atoms with Crippen LogP contribution in [0.2, 0.25) is 0 Å². The molecule has 30 heavy (non-hydrogen) atoms. The Kier molecular flexibility index (Phi) is 4.74. The Balaban J connectivity index is 1.53. The van der Waals surface area contributed by atoms with E-state index in [1.54, 1.807) is 13.3 Å². The van der Waals surface area contributed by atoms with Crippen molar-refractivity contribution in [3.8, 4) is 17.0 Å². The topological polar surface area (TPSA) is 94.1 Å². The van der Waals surface area contributed by atoms with E-state index in [4.69, 9.17) is 15.5 Å². The molecule has 0 atom stereocenters. The van der Waals surface area contributed by atoms with E-state index in [-0.39, 0.29) is 0 Å². The van der Waals surface area contributed by atoms with Crippen LogP contribution in [0, 0.1) is 0 Å². The van der Waals surface area contributed by atoms with Crippen molar-refractivity contribution in [1.29, 1.82) is 0 Å².